The van der Waals surface area contributed by atoms with Gasteiger partial charge in [-0.25, -0.2) is 0 Å². The average molecular weight is 305 g/mol. The highest BCUT2D eigenvalue weighted by molar-refractivity contribution is 5.33. The van der Waals surface area contributed by atoms with E-state index in [0.717, 1.165) is 45.2 Å². The van der Waals surface area contributed by atoms with Gasteiger partial charge in [-0.3, -0.25) is 4.90 Å². The van der Waals surface area contributed by atoms with E-state index in [1.54, 1.807) is 7.11 Å². The van der Waals surface area contributed by atoms with Gasteiger partial charge in [0.1, 0.15) is 5.75 Å². The number of ether oxygens (including phenoxy) is 3. The normalized spacial score (nSPS) is 25.0. The summed E-state index contributed by atoms with van der Waals surface area (Å²) in [7, 11) is 1.74. The highest BCUT2D eigenvalue weighted by Gasteiger charge is 2.24. The van der Waals surface area contributed by atoms with Crippen molar-refractivity contribution in [1.82, 2.24) is 4.90 Å². The molecular weight excluding hydrogens is 278 g/mol. The van der Waals surface area contributed by atoms with Gasteiger partial charge in [-0.1, -0.05) is 18.2 Å². The molecule has 2 aliphatic rings. The van der Waals surface area contributed by atoms with Gasteiger partial charge in [-0.15, -0.1) is 0 Å². The number of methoxy groups -OCH3 is 1. The summed E-state index contributed by atoms with van der Waals surface area (Å²) in [5.74, 6) is 1.62. The van der Waals surface area contributed by atoms with Crippen LogP contribution in [0.4, 0.5) is 0 Å². The van der Waals surface area contributed by atoms with Crippen LogP contribution in [0.15, 0.2) is 24.3 Å². The molecule has 122 valence electrons. The van der Waals surface area contributed by atoms with E-state index in [1.807, 2.05) is 12.1 Å². The molecule has 2 heterocycles. The topological polar surface area (TPSA) is 30.9 Å². The van der Waals surface area contributed by atoms with Crippen LogP contribution in [0.25, 0.3) is 0 Å². The number of hydrogen-bond acceptors (Lipinski definition) is 4. The Morgan fingerprint density at radius 3 is 2.82 bits per heavy atom. The van der Waals surface area contributed by atoms with E-state index in [2.05, 4.69) is 17.0 Å². The van der Waals surface area contributed by atoms with E-state index in [-0.39, 0.29) is 0 Å². The van der Waals surface area contributed by atoms with E-state index < -0.39 is 0 Å². The van der Waals surface area contributed by atoms with Gasteiger partial charge >= 0.3 is 0 Å². The maximum Gasteiger partial charge on any atom is 0.123 e. The molecule has 0 unspecified atom stereocenters. The summed E-state index contributed by atoms with van der Waals surface area (Å²) in [6.07, 6.45) is 3.94. The van der Waals surface area contributed by atoms with Crippen LogP contribution in [0.3, 0.4) is 0 Å². The Kier molecular flexibility index (Phi) is 5.70. The summed E-state index contributed by atoms with van der Waals surface area (Å²) in [6, 6.07) is 8.31. The van der Waals surface area contributed by atoms with Crippen LogP contribution in [0.1, 0.15) is 24.8 Å². The second kappa shape index (κ2) is 7.95. The van der Waals surface area contributed by atoms with Gasteiger partial charge in [-0.05, 0) is 31.2 Å². The van der Waals surface area contributed by atoms with Gasteiger partial charge in [0, 0.05) is 38.4 Å². The molecular formula is C18H27NO3. The monoisotopic (exact) mass is 305 g/mol. The molecule has 4 nitrogen and oxygen atoms in total. The van der Waals surface area contributed by atoms with Gasteiger partial charge in [0.15, 0.2) is 0 Å². The quantitative estimate of drug-likeness (QED) is 0.775. The molecule has 0 N–H and O–H groups in total. The molecule has 4 heteroatoms. The maximum absolute atomic E-state index is 5.84. The van der Waals surface area contributed by atoms with Gasteiger partial charge in [0.05, 0.1) is 19.8 Å². The zero-order chi connectivity index (χ0) is 15.2. The summed E-state index contributed by atoms with van der Waals surface area (Å²) in [5.41, 5.74) is 1.25. The predicted octanol–water partition coefficient (Wildman–Crippen LogP) is 2.71. The van der Waals surface area contributed by atoms with Crippen molar-refractivity contribution < 1.29 is 14.2 Å². The van der Waals surface area contributed by atoms with Crippen molar-refractivity contribution in [3.63, 3.8) is 0 Å². The summed E-state index contributed by atoms with van der Waals surface area (Å²) in [4.78, 5) is 2.52. The standard InChI is InChI=1S/C18H27NO3/c1-20-18-7-3-2-5-16(18)12-19(11-15-8-10-21-14-15)13-17-6-4-9-22-17/h2-3,5,7,15,17H,4,6,8-14H2,1H3/t15-,17-/m0/s1. The molecule has 0 saturated carbocycles. The van der Waals surface area contributed by atoms with Crippen LogP contribution in [-0.2, 0) is 16.0 Å². The SMILES string of the molecule is COc1ccccc1CN(C[C@@H]1CCOC1)C[C@@H]1CCCO1. The summed E-state index contributed by atoms with van der Waals surface area (Å²) in [6.45, 7) is 5.73. The van der Waals surface area contributed by atoms with Crippen molar-refractivity contribution in [3.05, 3.63) is 29.8 Å². The van der Waals surface area contributed by atoms with Crippen molar-refractivity contribution in [2.45, 2.75) is 31.9 Å². The molecule has 22 heavy (non-hydrogen) atoms. The molecule has 2 atom stereocenters. The van der Waals surface area contributed by atoms with Crippen LogP contribution in [0.2, 0.25) is 0 Å². The van der Waals surface area contributed by atoms with Crippen LogP contribution in [-0.4, -0.2) is 51.0 Å². The minimum atomic E-state index is 0.386. The van der Waals surface area contributed by atoms with Crippen LogP contribution >= 0.6 is 0 Å². The highest BCUT2D eigenvalue weighted by atomic mass is 16.5. The third-order valence-electron chi connectivity index (χ3n) is 4.61. The average Bonchev–Trinajstić information content (AvgIpc) is 3.21. The fourth-order valence-corrected chi connectivity index (χ4v) is 3.45. The molecule has 0 amide bonds. The van der Waals surface area contributed by atoms with Crippen molar-refractivity contribution in [3.8, 4) is 5.75 Å². The lowest BCUT2D eigenvalue weighted by molar-refractivity contribution is 0.0628. The van der Waals surface area contributed by atoms with Gasteiger partial charge in [-0.2, -0.15) is 0 Å². The lowest BCUT2D eigenvalue weighted by Gasteiger charge is -2.28. The lowest BCUT2D eigenvalue weighted by atomic mass is 10.1. The molecule has 0 aromatic heterocycles. The molecule has 2 aliphatic heterocycles. The van der Waals surface area contributed by atoms with Crippen LogP contribution < -0.4 is 4.74 Å². The number of hydrogen-bond donors (Lipinski definition) is 0. The molecule has 1 aromatic rings. The fraction of sp³-hybridized carbons (Fsp3) is 0.667. The third-order valence-corrected chi connectivity index (χ3v) is 4.61. The Morgan fingerprint density at radius 2 is 2.09 bits per heavy atom. The highest BCUT2D eigenvalue weighted by Crippen LogP contribution is 2.23. The Balaban J connectivity index is 1.65. The Bertz CT molecular complexity index is 435. The molecule has 0 bridgehead atoms. The van der Waals surface area contributed by atoms with E-state index in [4.69, 9.17) is 14.2 Å². The third kappa shape index (κ3) is 4.22. The Morgan fingerprint density at radius 1 is 1.18 bits per heavy atom. The van der Waals surface area contributed by atoms with Gasteiger partial charge in [0.25, 0.3) is 0 Å². The number of benzene rings is 1. The van der Waals surface area contributed by atoms with Crippen molar-refractivity contribution >= 4 is 0 Å². The minimum absolute atomic E-state index is 0.386. The second-order valence-corrected chi connectivity index (χ2v) is 6.37. The van der Waals surface area contributed by atoms with Crippen LogP contribution in [0, 0.1) is 5.92 Å². The first-order chi connectivity index (χ1) is 10.8. The first kappa shape index (κ1) is 15.8. The van der Waals surface area contributed by atoms with E-state index in [0.29, 0.717) is 12.0 Å². The molecule has 3 rings (SSSR count). The van der Waals surface area contributed by atoms with E-state index in [9.17, 15) is 0 Å². The van der Waals surface area contributed by atoms with Crippen molar-refractivity contribution in [1.29, 1.82) is 0 Å². The first-order valence-electron chi connectivity index (χ1n) is 8.38. The molecule has 2 fully saturated rings. The minimum Gasteiger partial charge on any atom is -0.496 e. The van der Waals surface area contributed by atoms with Crippen molar-refractivity contribution in [2.24, 2.45) is 5.92 Å². The maximum atomic E-state index is 5.84. The Hall–Kier alpha value is -1.10. The van der Waals surface area contributed by atoms with E-state index >= 15 is 0 Å². The number of rotatable bonds is 7. The summed E-state index contributed by atoms with van der Waals surface area (Å²) in [5, 5.41) is 0. The van der Waals surface area contributed by atoms with Gasteiger partial charge < -0.3 is 14.2 Å². The largest absolute Gasteiger partial charge is 0.496 e. The molecule has 1 aromatic carbocycles. The molecule has 0 spiro atoms. The molecule has 2 saturated heterocycles. The van der Waals surface area contributed by atoms with Gasteiger partial charge in [0.2, 0.25) is 0 Å². The lowest BCUT2D eigenvalue weighted by Crippen LogP contribution is -2.35. The predicted molar refractivity (Wildman–Crippen MR) is 86.2 cm³/mol. The Labute approximate surface area is 133 Å². The zero-order valence-electron chi connectivity index (χ0n) is 13.5. The summed E-state index contributed by atoms with van der Waals surface area (Å²) < 4.78 is 16.9. The number of nitrogens with zero attached hydrogens (tertiary/aromatic N) is 1. The smallest absolute Gasteiger partial charge is 0.123 e. The first-order valence-corrected chi connectivity index (χ1v) is 8.38. The zero-order valence-corrected chi connectivity index (χ0v) is 13.5. The fourth-order valence-electron chi connectivity index (χ4n) is 3.45. The van der Waals surface area contributed by atoms with Crippen molar-refractivity contribution in [2.75, 3.05) is 40.0 Å². The molecule has 0 aliphatic carbocycles. The molecule has 0 radical (unpaired) electrons. The number of para-hydroxylation sites is 1. The summed E-state index contributed by atoms with van der Waals surface area (Å²) >= 11 is 0. The van der Waals surface area contributed by atoms with Crippen LogP contribution in [0.5, 0.6) is 5.75 Å². The van der Waals surface area contributed by atoms with E-state index in [1.165, 1.54) is 24.8 Å². The second-order valence-electron chi connectivity index (χ2n) is 6.37.